The summed E-state index contributed by atoms with van der Waals surface area (Å²) in [7, 11) is 0. The predicted octanol–water partition coefficient (Wildman–Crippen LogP) is 2.66. The van der Waals surface area contributed by atoms with E-state index in [4.69, 9.17) is 5.73 Å². The molecule has 0 saturated heterocycles. The molecule has 0 aromatic heterocycles. The van der Waals surface area contributed by atoms with E-state index in [1.807, 2.05) is 25.2 Å². The van der Waals surface area contributed by atoms with Crippen LogP contribution in [0.3, 0.4) is 0 Å². The Bertz CT molecular complexity index is 158. The van der Waals surface area contributed by atoms with E-state index >= 15 is 0 Å². The van der Waals surface area contributed by atoms with E-state index in [1.54, 1.807) is 0 Å². The first kappa shape index (κ1) is 11.2. The second kappa shape index (κ2) is 5.78. The van der Waals surface area contributed by atoms with Gasteiger partial charge in [0.1, 0.15) is 0 Å². The van der Waals surface area contributed by atoms with Crippen molar-refractivity contribution >= 4 is 0 Å². The lowest BCUT2D eigenvalue weighted by atomic mass is 9.81. The summed E-state index contributed by atoms with van der Waals surface area (Å²) in [6.07, 6.45) is 9.85. The molecule has 0 atom stereocenters. The maximum Gasteiger partial charge on any atom is 0.00728 e. The zero-order valence-electron chi connectivity index (χ0n) is 7.92. The molecule has 0 aliphatic rings. The van der Waals surface area contributed by atoms with Gasteiger partial charge in [0, 0.05) is 12.0 Å². The molecule has 0 aromatic rings. The molecule has 12 heavy (non-hydrogen) atoms. The zero-order chi connectivity index (χ0) is 9.45. The Morgan fingerprint density at radius 1 is 1.25 bits per heavy atom. The summed E-state index contributed by atoms with van der Waals surface area (Å²) >= 11 is 0. The van der Waals surface area contributed by atoms with Gasteiger partial charge in [-0.15, -0.1) is 13.2 Å². The van der Waals surface area contributed by atoms with Crippen LogP contribution in [0.25, 0.3) is 0 Å². The molecule has 0 spiro atoms. The van der Waals surface area contributed by atoms with Crippen molar-refractivity contribution in [3.63, 3.8) is 0 Å². The molecule has 0 radical (unpaired) electrons. The van der Waals surface area contributed by atoms with Gasteiger partial charge in [0.05, 0.1) is 0 Å². The van der Waals surface area contributed by atoms with Crippen LogP contribution in [-0.4, -0.2) is 6.54 Å². The van der Waals surface area contributed by atoms with Crippen LogP contribution >= 0.6 is 0 Å². The lowest BCUT2D eigenvalue weighted by molar-refractivity contribution is 0.404. The van der Waals surface area contributed by atoms with Gasteiger partial charge in [-0.25, -0.2) is 0 Å². The average Bonchev–Trinajstić information content (AvgIpc) is 2.06. The van der Waals surface area contributed by atoms with Crippen LogP contribution in [0.2, 0.25) is 0 Å². The van der Waals surface area contributed by atoms with Crippen molar-refractivity contribution in [2.45, 2.75) is 19.8 Å². The normalized spacial score (nSPS) is 11.8. The van der Waals surface area contributed by atoms with E-state index in [1.165, 1.54) is 0 Å². The SMILES string of the molecule is C=CCC(C=CC)(CN)CC=C. The molecule has 0 heterocycles. The Kier molecular flexibility index (Phi) is 5.39. The molecular formula is C11H19N. The molecule has 0 aliphatic heterocycles. The van der Waals surface area contributed by atoms with Gasteiger partial charge in [0.2, 0.25) is 0 Å². The average molecular weight is 165 g/mol. The first-order valence-electron chi connectivity index (χ1n) is 4.30. The van der Waals surface area contributed by atoms with E-state index in [0.29, 0.717) is 6.54 Å². The van der Waals surface area contributed by atoms with Crippen LogP contribution in [0.4, 0.5) is 0 Å². The van der Waals surface area contributed by atoms with Gasteiger partial charge in [0.25, 0.3) is 0 Å². The minimum Gasteiger partial charge on any atom is -0.330 e. The largest absolute Gasteiger partial charge is 0.330 e. The Morgan fingerprint density at radius 3 is 2.00 bits per heavy atom. The molecule has 0 saturated carbocycles. The standard InChI is InChI=1S/C11H19N/c1-4-7-11(10-12,8-5-2)9-6-3/h4-6,9H,1-2,7-8,10,12H2,3H3. The Morgan fingerprint density at radius 2 is 1.75 bits per heavy atom. The number of hydrogen-bond donors (Lipinski definition) is 1. The van der Waals surface area contributed by atoms with Crippen LogP contribution in [-0.2, 0) is 0 Å². The van der Waals surface area contributed by atoms with Crippen molar-refractivity contribution in [2.24, 2.45) is 11.1 Å². The predicted molar refractivity (Wildman–Crippen MR) is 55.9 cm³/mol. The van der Waals surface area contributed by atoms with Crippen LogP contribution < -0.4 is 5.73 Å². The molecule has 1 nitrogen and oxygen atoms in total. The van der Waals surface area contributed by atoms with Crippen molar-refractivity contribution in [1.82, 2.24) is 0 Å². The molecule has 0 unspecified atom stereocenters. The van der Waals surface area contributed by atoms with Crippen molar-refractivity contribution in [1.29, 1.82) is 0 Å². The topological polar surface area (TPSA) is 26.0 Å². The maximum atomic E-state index is 5.72. The number of allylic oxidation sites excluding steroid dienone is 3. The molecule has 0 fully saturated rings. The van der Waals surface area contributed by atoms with Crippen molar-refractivity contribution in [3.8, 4) is 0 Å². The van der Waals surface area contributed by atoms with Crippen LogP contribution in [0.5, 0.6) is 0 Å². The first-order chi connectivity index (χ1) is 5.74. The van der Waals surface area contributed by atoms with Gasteiger partial charge < -0.3 is 5.73 Å². The monoisotopic (exact) mass is 165 g/mol. The number of nitrogens with two attached hydrogens (primary N) is 1. The fraction of sp³-hybridized carbons (Fsp3) is 0.455. The fourth-order valence-electron chi connectivity index (χ4n) is 1.38. The third kappa shape index (κ3) is 3.05. The third-order valence-electron chi connectivity index (χ3n) is 2.03. The molecule has 0 amide bonds. The highest BCUT2D eigenvalue weighted by molar-refractivity contribution is 5.05. The van der Waals surface area contributed by atoms with Crippen LogP contribution in [0.1, 0.15) is 19.8 Å². The summed E-state index contributed by atoms with van der Waals surface area (Å²) in [5.74, 6) is 0. The van der Waals surface area contributed by atoms with Gasteiger partial charge in [0.15, 0.2) is 0 Å². The van der Waals surface area contributed by atoms with Gasteiger partial charge in [-0.05, 0) is 19.8 Å². The first-order valence-corrected chi connectivity index (χ1v) is 4.30. The summed E-state index contributed by atoms with van der Waals surface area (Å²) in [6.45, 7) is 10.1. The minimum atomic E-state index is 0.0538. The molecule has 1 heteroatoms. The molecule has 0 bridgehead atoms. The van der Waals surface area contributed by atoms with Crippen LogP contribution in [0.15, 0.2) is 37.5 Å². The van der Waals surface area contributed by atoms with E-state index in [9.17, 15) is 0 Å². The van der Waals surface area contributed by atoms with Gasteiger partial charge in [-0.2, -0.15) is 0 Å². The Hall–Kier alpha value is -0.820. The van der Waals surface area contributed by atoms with E-state index in [2.05, 4.69) is 19.2 Å². The maximum absolute atomic E-state index is 5.72. The zero-order valence-corrected chi connectivity index (χ0v) is 7.92. The second-order valence-corrected chi connectivity index (χ2v) is 3.05. The molecule has 2 N–H and O–H groups in total. The van der Waals surface area contributed by atoms with Gasteiger partial charge >= 0.3 is 0 Å². The molecule has 0 rings (SSSR count). The van der Waals surface area contributed by atoms with Crippen molar-refractivity contribution < 1.29 is 0 Å². The van der Waals surface area contributed by atoms with Crippen LogP contribution in [0, 0.1) is 5.41 Å². The summed E-state index contributed by atoms with van der Waals surface area (Å²) in [6, 6.07) is 0. The van der Waals surface area contributed by atoms with Crippen molar-refractivity contribution in [3.05, 3.63) is 37.5 Å². The fourth-order valence-corrected chi connectivity index (χ4v) is 1.38. The molecule has 0 aromatic carbocycles. The third-order valence-corrected chi connectivity index (χ3v) is 2.03. The highest BCUT2D eigenvalue weighted by atomic mass is 14.6. The van der Waals surface area contributed by atoms with Crippen molar-refractivity contribution in [2.75, 3.05) is 6.54 Å². The quantitative estimate of drug-likeness (QED) is 0.602. The number of hydrogen-bond acceptors (Lipinski definition) is 1. The van der Waals surface area contributed by atoms with E-state index < -0.39 is 0 Å². The van der Waals surface area contributed by atoms with Gasteiger partial charge in [-0.3, -0.25) is 0 Å². The molecular weight excluding hydrogens is 146 g/mol. The number of rotatable bonds is 6. The molecule has 0 aliphatic carbocycles. The highest BCUT2D eigenvalue weighted by Gasteiger charge is 2.21. The Labute approximate surface area is 75.7 Å². The summed E-state index contributed by atoms with van der Waals surface area (Å²) in [5.41, 5.74) is 5.77. The smallest absolute Gasteiger partial charge is 0.00728 e. The van der Waals surface area contributed by atoms with E-state index in [0.717, 1.165) is 12.8 Å². The minimum absolute atomic E-state index is 0.0538. The lowest BCUT2D eigenvalue weighted by Gasteiger charge is -2.26. The summed E-state index contributed by atoms with van der Waals surface area (Å²) in [4.78, 5) is 0. The van der Waals surface area contributed by atoms with Gasteiger partial charge in [-0.1, -0.05) is 24.3 Å². The summed E-state index contributed by atoms with van der Waals surface area (Å²) in [5, 5.41) is 0. The lowest BCUT2D eigenvalue weighted by Crippen LogP contribution is -2.27. The van der Waals surface area contributed by atoms with E-state index in [-0.39, 0.29) is 5.41 Å². The molecule has 68 valence electrons. The Balaban J connectivity index is 4.47. The second-order valence-electron chi connectivity index (χ2n) is 3.05. The summed E-state index contributed by atoms with van der Waals surface area (Å²) < 4.78 is 0. The highest BCUT2D eigenvalue weighted by Crippen LogP contribution is 2.27.